The van der Waals surface area contributed by atoms with Gasteiger partial charge in [0.05, 0.1) is 28.5 Å². The SMILES string of the molecule is CC1C=C(c2cc(-c3ccc(-c4cccc5ccccc45)cc3)nc3c2ccc2c(-c4ccc(N(c5ccccc5)c5ccccc5)cc4)cc(-c4ccc(-c5cccc6ccccc56)cc4)nc23)C=CC1N(c1ccccc1)c1ccccc1. The first-order valence-corrected chi connectivity index (χ1v) is 29.3. The highest BCUT2D eigenvalue weighted by Gasteiger charge is 2.27. The maximum absolute atomic E-state index is 5.75. The van der Waals surface area contributed by atoms with E-state index in [1.165, 1.54) is 32.7 Å². The number of anilines is 5. The molecule has 402 valence electrons. The fourth-order valence-electron chi connectivity index (χ4n) is 12.7. The number of benzene rings is 12. The average molecular weight is 1090 g/mol. The second-order valence-electron chi connectivity index (χ2n) is 22.1. The zero-order valence-corrected chi connectivity index (χ0v) is 47.0. The largest absolute Gasteiger partial charge is 0.334 e. The molecule has 15 rings (SSSR count). The first kappa shape index (κ1) is 51.0. The van der Waals surface area contributed by atoms with Crippen molar-refractivity contribution < 1.29 is 0 Å². The molecule has 85 heavy (non-hydrogen) atoms. The van der Waals surface area contributed by atoms with E-state index in [9.17, 15) is 0 Å². The number of aromatic nitrogens is 2. The summed E-state index contributed by atoms with van der Waals surface area (Å²) in [4.78, 5) is 16.3. The molecule has 2 aromatic heterocycles. The van der Waals surface area contributed by atoms with E-state index in [0.717, 1.165) is 106 Å². The van der Waals surface area contributed by atoms with E-state index in [0.29, 0.717) is 0 Å². The zero-order chi connectivity index (χ0) is 56.6. The summed E-state index contributed by atoms with van der Waals surface area (Å²) in [7, 11) is 0. The Bertz CT molecular complexity index is 4720. The van der Waals surface area contributed by atoms with Crippen LogP contribution in [-0.2, 0) is 0 Å². The third-order valence-corrected chi connectivity index (χ3v) is 16.9. The van der Waals surface area contributed by atoms with Crippen molar-refractivity contribution in [3.05, 3.63) is 327 Å². The highest BCUT2D eigenvalue weighted by molar-refractivity contribution is 6.13. The van der Waals surface area contributed by atoms with Gasteiger partial charge < -0.3 is 9.80 Å². The maximum atomic E-state index is 5.75. The molecular weight excluding hydrogens is 1030 g/mol. The van der Waals surface area contributed by atoms with Crippen molar-refractivity contribution in [2.75, 3.05) is 9.80 Å². The third kappa shape index (κ3) is 9.70. The standard InChI is InChI=1S/C81H58N4/c1-55-52-63(46-51-79(55)85(66-28-10-4-11-29-66)67-30-12-5-13-31-67)76-54-78(62-42-38-59(39-43-62)72-35-19-23-57-21-15-17-33-70(57)72)83-81-74(76)50-49-73-75(60-44-47-68(48-45-60)84(64-24-6-2-7-25-64)65-26-8-3-9-27-65)53-77(82-80(73)81)61-40-36-58(37-41-61)71-34-18-22-56-20-14-16-32-69(56)71/h2-55,79H,1H3. The van der Waals surface area contributed by atoms with Gasteiger partial charge in [-0.3, -0.25) is 0 Å². The highest BCUT2D eigenvalue weighted by Crippen LogP contribution is 2.44. The van der Waals surface area contributed by atoms with Crippen molar-refractivity contribution in [3.8, 4) is 55.9 Å². The van der Waals surface area contributed by atoms with Gasteiger partial charge in [-0.05, 0) is 145 Å². The normalized spacial score (nSPS) is 14.0. The molecular formula is C81H58N4. The van der Waals surface area contributed by atoms with Crippen LogP contribution in [0.5, 0.6) is 0 Å². The van der Waals surface area contributed by atoms with Crippen LogP contribution < -0.4 is 9.80 Å². The fraction of sp³-hybridized carbons (Fsp3) is 0.0370. The second kappa shape index (κ2) is 22.1. The Hall–Kier alpha value is -10.9. The minimum atomic E-state index is 0.0706. The molecule has 2 atom stereocenters. The summed E-state index contributed by atoms with van der Waals surface area (Å²) in [5, 5.41) is 6.99. The molecule has 14 aromatic rings. The molecule has 0 saturated heterocycles. The van der Waals surface area contributed by atoms with E-state index in [1.807, 2.05) is 0 Å². The summed E-state index contributed by atoms with van der Waals surface area (Å²) >= 11 is 0. The molecule has 0 bridgehead atoms. The van der Waals surface area contributed by atoms with Gasteiger partial charge in [-0.15, -0.1) is 0 Å². The monoisotopic (exact) mass is 1090 g/mol. The summed E-state index contributed by atoms with van der Waals surface area (Å²) in [5.41, 5.74) is 20.3. The van der Waals surface area contributed by atoms with Gasteiger partial charge in [0.2, 0.25) is 0 Å². The van der Waals surface area contributed by atoms with Gasteiger partial charge in [-0.1, -0.05) is 256 Å². The first-order chi connectivity index (χ1) is 42.1. The number of pyridine rings is 2. The van der Waals surface area contributed by atoms with Crippen LogP contribution in [-0.4, -0.2) is 16.0 Å². The molecule has 0 spiro atoms. The van der Waals surface area contributed by atoms with Crippen LogP contribution in [0.25, 0.3) is 105 Å². The van der Waals surface area contributed by atoms with Gasteiger partial charge >= 0.3 is 0 Å². The molecule has 0 fully saturated rings. The molecule has 2 unspecified atom stereocenters. The lowest BCUT2D eigenvalue weighted by atomic mass is 9.86. The molecule has 12 aromatic carbocycles. The first-order valence-electron chi connectivity index (χ1n) is 29.3. The molecule has 0 saturated carbocycles. The number of para-hydroxylation sites is 4. The molecule has 1 aliphatic rings. The number of rotatable bonds is 12. The van der Waals surface area contributed by atoms with Crippen molar-refractivity contribution >= 4 is 77.4 Å². The van der Waals surface area contributed by atoms with Gasteiger partial charge in [-0.25, -0.2) is 9.97 Å². The number of allylic oxidation sites excluding steroid dienone is 2. The Kier molecular flexibility index (Phi) is 13.2. The van der Waals surface area contributed by atoms with Crippen molar-refractivity contribution in [2.45, 2.75) is 13.0 Å². The second-order valence-corrected chi connectivity index (χ2v) is 22.1. The third-order valence-electron chi connectivity index (χ3n) is 16.9. The van der Waals surface area contributed by atoms with Crippen LogP contribution in [0.15, 0.2) is 322 Å². The Morgan fingerprint density at radius 2 is 0.682 bits per heavy atom. The summed E-state index contributed by atoms with van der Waals surface area (Å²) in [6, 6.07) is 109. The van der Waals surface area contributed by atoms with Gasteiger partial charge in [0.15, 0.2) is 0 Å². The zero-order valence-electron chi connectivity index (χ0n) is 47.0. The van der Waals surface area contributed by atoms with Crippen molar-refractivity contribution in [1.82, 2.24) is 9.97 Å². The molecule has 0 N–H and O–H groups in total. The van der Waals surface area contributed by atoms with E-state index >= 15 is 0 Å². The van der Waals surface area contributed by atoms with Crippen LogP contribution in [0.1, 0.15) is 12.5 Å². The minimum absolute atomic E-state index is 0.0706. The quantitative estimate of drug-likeness (QED) is 0.114. The van der Waals surface area contributed by atoms with Gasteiger partial charge in [0.25, 0.3) is 0 Å². The van der Waals surface area contributed by atoms with Crippen LogP contribution in [0, 0.1) is 5.92 Å². The summed E-state index contributed by atoms with van der Waals surface area (Å²) in [5.74, 6) is 0.142. The van der Waals surface area contributed by atoms with E-state index in [1.54, 1.807) is 0 Å². The van der Waals surface area contributed by atoms with Crippen molar-refractivity contribution in [3.63, 3.8) is 0 Å². The smallest absolute Gasteiger partial charge is 0.0978 e. The van der Waals surface area contributed by atoms with Crippen LogP contribution in [0.2, 0.25) is 0 Å². The lowest BCUT2D eigenvalue weighted by Crippen LogP contribution is -2.35. The fourth-order valence-corrected chi connectivity index (χ4v) is 12.7. The topological polar surface area (TPSA) is 32.3 Å². The molecule has 4 heteroatoms. The highest BCUT2D eigenvalue weighted by atomic mass is 15.2. The minimum Gasteiger partial charge on any atom is -0.334 e. The number of fused-ring (bicyclic) bond motifs is 5. The van der Waals surface area contributed by atoms with Gasteiger partial charge in [0, 0.05) is 50.3 Å². The van der Waals surface area contributed by atoms with Gasteiger partial charge in [0.1, 0.15) is 0 Å². The van der Waals surface area contributed by atoms with Gasteiger partial charge in [-0.2, -0.15) is 0 Å². The Morgan fingerprint density at radius 3 is 1.16 bits per heavy atom. The predicted octanol–water partition coefficient (Wildman–Crippen LogP) is 21.7. The van der Waals surface area contributed by atoms with Crippen LogP contribution in [0.4, 0.5) is 28.4 Å². The summed E-state index contributed by atoms with van der Waals surface area (Å²) < 4.78 is 0. The van der Waals surface area contributed by atoms with Crippen molar-refractivity contribution in [1.29, 1.82) is 0 Å². The number of hydrogen-bond acceptors (Lipinski definition) is 4. The molecule has 2 heterocycles. The van der Waals surface area contributed by atoms with Crippen molar-refractivity contribution in [2.24, 2.45) is 5.92 Å². The predicted molar refractivity (Wildman–Crippen MR) is 359 cm³/mol. The molecule has 0 amide bonds. The average Bonchev–Trinajstić information content (AvgIpc) is 3.48. The van der Waals surface area contributed by atoms with Crippen LogP contribution in [0.3, 0.4) is 0 Å². The van der Waals surface area contributed by atoms with E-state index < -0.39 is 0 Å². The van der Waals surface area contributed by atoms with Crippen LogP contribution >= 0.6 is 0 Å². The van der Waals surface area contributed by atoms with E-state index in [4.69, 9.17) is 9.97 Å². The maximum Gasteiger partial charge on any atom is 0.0978 e. The lowest BCUT2D eigenvalue weighted by Gasteiger charge is -2.37. The van der Waals surface area contributed by atoms with E-state index in [-0.39, 0.29) is 12.0 Å². The Morgan fingerprint density at radius 1 is 0.306 bits per heavy atom. The molecule has 0 aliphatic heterocycles. The lowest BCUT2D eigenvalue weighted by molar-refractivity contribution is 0.611. The molecule has 1 aliphatic carbocycles. The molecule has 0 radical (unpaired) electrons. The summed E-state index contributed by atoms with van der Waals surface area (Å²) in [6.07, 6.45) is 7.18. The Balaban J connectivity index is 0.917. The Labute approximate surface area is 496 Å². The molecule has 4 nitrogen and oxygen atoms in total. The summed E-state index contributed by atoms with van der Waals surface area (Å²) in [6.45, 7) is 2.34. The number of hydrogen-bond donors (Lipinski definition) is 0. The number of nitrogens with zero attached hydrogens (tertiary/aromatic N) is 4. The van der Waals surface area contributed by atoms with E-state index in [2.05, 4.69) is 338 Å².